The lowest BCUT2D eigenvalue weighted by Crippen LogP contribution is -2.32. The van der Waals surface area contributed by atoms with Crippen LogP contribution in [0, 0.1) is 13.8 Å². The van der Waals surface area contributed by atoms with E-state index >= 15 is 0 Å². The quantitative estimate of drug-likeness (QED) is 0.767. The molecule has 2 heterocycles. The third-order valence-corrected chi connectivity index (χ3v) is 7.70. The van der Waals surface area contributed by atoms with Crippen LogP contribution in [-0.4, -0.2) is 36.7 Å². The number of nitrogens with zero attached hydrogens (tertiary/aromatic N) is 1. The number of aromatic nitrogens is 1. The van der Waals surface area contributed by atoms with Crippen LogP contribution in [0.3, 0.4) is 0 Å². The van der Waals surface area contributed by atoms with Crippen molar-refractivity contribution in [2.24, 2.45) is 0 Å². The van der Waals surface area contributed by atoms with Gasteiger partial charge in [-0.15, -0.1) is 0 Å². The van der Waals surface area contributed by atoms with Crippen LogP contribution in [0.5, 0.6) is 0 Å². The SMILES string of the molecule is Cc1[nH]c(C(=O)NCc2ccccc2Cl)c(C)c1S(=O)(=O)N1CCCCCC1. The van der Waals surface area contributed by atoms with Gasteiger partial charge in [-0.1, -0.05) is 42.6 Å². The van der Waals surface area contributed by atoms with Gasteiger partial charge in [0.25, 0.3) is 5.91 Å². The molecule has 1 aromatic carbocycles. The van der Waals surface area contributed by atoms with E-state index in [0.29, 0.717) is 29.4 Å². The molecule has 0 atom stereocenters. The summed E-state index contributed by atoms with van der Waals surface area (Å²) < 4.78 is 27.9. The van der Waals surface area contributed by atoms with Crippen LogP contribution in [0.25, 0.3) is 0 Å². The first-order valence-corrected chi connectivity index (χ1v) is 11.3. The molecule has 1 saturated heterocycles. The smallest absolute Gasteiger partial charge is 0.268 e. The molecule has 6 nitrogen and oxygen atoms in total. The number of nitrogens with one attached hydrogen (secondary N) is 2. The lowest BCUT2D eigenvalue weighted by Gasteiger charge is -2.20. The maximum absolute atomic E-state index is 13.2. The van der Waals surface area contributed by atoms with Crippen LogP contribution >= 0.6 is 11.6 Å². The molecular weight excluding hydrogens is 398 g/mol. The maximum atomic E-state index is 13.2. The monoisotopic (exact) mass is 423 g/mol. The van der Waals surface area contributed by atoms with E-state index in [0.717, 1.165) is 31.2 Å². The summed E-state index contributed by atoms with van der Waals surface area (Å²) >= 11 is 6.13. The summed E-state index contributed by atoms with van der Waals surface area (Å²) in [6.07, 6.45) is 3.83. The molecule has 3 rings (SSSR count). The number of aryl methyl sites for hydroxylation is 1. The number of hydrogen-bond acceptors (Lipinski definition) is 3. The van der Waals surface area contributed by atoms with E-state index in [4.69, 9.17) is 11.6 Å². The van der Waals surface area contributed by atoms with Crippen molar-refractivity contribution in [3.63, 3.8) is 0 Å². The number of carbonyl (C=O) groups excluding carboxylic acids is 1. The molecule has 152 valence electrons. The average Bonchev–Trinajstić information content (AvgIpc) is 2.84. The van der Waals surface area contributed by atoms with E-state index in [1.165, 1.54) is 0 Å². The second-order valence-corrected chi connectivity index (χ2v) is 9.45. The van der Waals surface area contributed by atoms with E-state index in [9.17, 15) is 13.2 Å². The molecule has 1 aliphatic rings. The molecule has 0 spiro atoms. The zero-order chi connectivity index (χ0) is 20.3. The van der Waals surface area contributed by atoms with Gasteiger partial charge in [-0.05, 0) is 43.9 Å². The second-order valence-electron chi connectivity index (χ2n) is 7.17. The zero-order valence-corrected chi connectivity index (χ0v) is 17.8. The van der Waals surface area contributed by atoms with Crippen LogP contribution in [-0.2, 0) is 16.6 Å². The number of carbonyl (C=O) groups is 1. The summed E-state index contributed by atoms with van der Waals surface area (Å²) in [6, 6.07) is 7.28. The van der Waals surface area contributed by atoms with Crippen molar-refractivity contribution >= 4 is 27.5 Å². The largest absolute Gasteiger partial charge is 0.353 e. The van der Waals surface area contributed by atoms with Crippen molar-refractivity contribution in [2.45, 2.75) is 51.0 Å². The lowest BCUT2D eigenvalue weighted by molar-refractivity contribution is 0.0945. The molecule has 8 heteroatoms. The Hall–Kier alpha value is -1.83. The number of halogens is 1. The van der Waals surface area contributed by atoms with Crippen LogP contribution < -0.4 is 5.32 Å². The Morgan fingerprint density at radius 2 is 1.79 bits per heavy atom. The Balaban J connectivity index is 1.82. The minimum absolute atomic E-state index is 0.220. The third kappa shape index (κ3) is 4.26. The highest BCUT2D eigenvalue weighted by Gasteiger charge is 2.31. The van der Waals surface area contributed by atoms with Gasteiger partial charge in [0.05, 0.1) is 0 Å². The van der Waals surface area contributed by atoms with Crippen molar-refractivity contribution in [3.8, 4) is 0 Å². The molecule has 0 radical (unpaired) electrons. The molecule has 28 heavy (non-hydrogen) atoms. The molecule has 2 N–H and O–H groups in total. The summed E-state index contributed by atoms with van der Waals surface area (Å²) in [5.41, 5.74) is 2.02. The highest BCUT2D eigenvalue weighted by Crippen LogP contribution is 2.28. The third-order valence-electron chi connectivity index (χ3n) is 5.16. The Bertz CT molecular complexity index is 961. The van der Waals surface area contributed by atoms with Crippen LogP contribution in [0.15, 0.2) is 29.2 Å². The molecule has 0 saturated carbocycles. The topological polar surface area (TPSA) is 82.3 Å². The minimum atomic E-state index is -3.63. The molecule has 0 bridgehead atoms. The highest BCUT2D eigenvalue weighted by atomic mass is 35.5. The van der Waals surface area contributed by atoms with Crippen molar-refractivity contribution in [1.29, 1.82) is 0 Å². The first kappa shape index (κ1) is 20.9. The number of aromatic amines is 1. The Morgan fingerprint density at radius 3 is 2.43 bits per heavy atom. The Kier molecular flexibility index (Phi) is 6.47. The van der Waals surface area contributed by atoms with E-state index < -0.39 is 10.0 Å². The summed E-state index contributed by atoms with van der Waals surface area (Å²) in [4.78, 5) is 15.9. The van der Waals surface area contributed by atoms with Gasteiger partial charge in [0.1, 0.15) is 10.6 Å². The van der Waals surface area contributed by atoms with Gasteiger partial charge in [0.2, 0.25) is 10.0 Å². The number of sulfonamides is 1. The van der Waals surface area contributed by atoms with Crippen molar-refractivity contribution in [3.05, 3.63) is 51.8 Å². The van der Waals surface area contributed by atoms with Gasteiger partial charge in [0, 0.05) is 30.4 Å². The second kappa shape index (κ2) is 8.68. The summed E-state index contributed by atoms with van der Waals surface area (Å²) in [5, 5.41) is 3.39. The lowest BCUT2D eigenvalue weighted by atomic mass is 10.2. The first-order valence-electron chi connectivity index (χ1n) is 9.53. The maximum Gasteiger partial charge on any atom is 0.268 e. The van der Waals surface area contributed by atoms with E-state index in [1.54, 1.807) is 24.2 Å². The number of hydrogen-bond donors (Lipinski definition) is 2. The Labute approximate surface area is 171 Å². The molecule has 0 unspecified atom stereocenters. The normalized spacial score (nSPS) is 16.0. The van der Waals surface area contributed by atoms with Gasteiger partial charge < -0.3 is 10.3 Å². The van der Waals surface area contributed by atoms with Gasteiger partial charge >= 0.3 is 0 Å². The standard InChI is InChI=1S/C20H26ClN3O3S/c1-14-18(20(25)22-13-16-9-5-6-10-17(16)21)23-15(2)19(14)28(26,27)24-11-7-3-4-8-12-24/h5-6,9-10,23H,3-4,7-8,11-13H2,1-2H3,(H,22,25). The molecule has 0 aliphatic carbocycles. The van der Waals surface area contributed by atoms with Gasteiger partial charge in [-0.3, -0.25) is 4.79 Å². The fraction of sp³-hybridized carbons (Fsp3) is 0.450. The fourth-order valence-corrected chi connectivity index (χ4v) is 5.79. The molecular formula is C20H26ClN3O3S. The van der Waals surface area contributed by atoms with Crippen LogP contribution in [0.4, 0.5) is 0 Å². The van der Waals surface area contributed by atoms with E-state index in [1.807, 2.05) is 18.2 Å². The predicted octanol–water partition coefficient (Wildman–Crippen LogP) is 3.78. The Morgan fingerprint density at radius 1 is 1.14 bits per heavy atom. The highest BCUT2D eigenvalue weighted by molar-refractivity contribution is 7.89. The number of amides is 1. The van der Waals surface area contributed by atoms with Gasteiger partial charge in [-0.2, -0.15) is 4.31 Å². The van der Waals surface area contributed by atoms with Crippen molar-refractivity contribution < 1.29 is 13.2 Å². The molecule has 1 aliphatic heterocycles. The molecule has 2 aromatic rings. The average molecular weight is 424 g/mol. The van der Waals surface area contributed by atoms with E-state index in [-0.39, 0.29) is 23.0 Å². The summed E-state index contributed by atoms with van der Waals surface area (Å²) in [7, 11) is -3.63. The predicted molar refractivity (Wildman–Crippen MR) is 110 cm³/mol. The van der Waals surface area contributed by atoms with Gasteiger partial charge in [-0.25, -0.2) is 8.42 Å². The number of H-pyrrole nitrogens is 1. The first-order chi connectivity index (χ1) is 13.3. The van der Waals surface area contributed by atoms with Crippen molar-refractivity contribution in [1.82, 2.24) is 14.6 Å². The summed E-state index contributed by atoms with van der Waals surface area (Å²) in [5.74, 6) is -0.349. The number of rotatable bonds is 5. The molecule has 1 aromatic heterocycles. The molecule has 1 amide bonds. The van der Waals surface area contributed by atoms with Crippen LogP contribution in [0.2, 0.25) is 5.02 Å². The van der Waals surface area contributed by atoms with Crippen LogP contribution in [0.1, 0.15) is 53.0 Å². The van der Waals surface area contributed by atoms with Crippen molar-refractivity contribution in [2.75, 3.05) is 13.1 Å². The van der Waals surface area contributed by atoms with E-state index in [2.05, 4.69) is 10.3 Å². The zero-order valence-electron chi connectivity index (χ0n) is 16.2. The van der Waals surface area contributed by atoms with Gasteiger partial charge in [0.15, 0.2) is 0 Å². The summed E-state index contributed by atoms with van der Waals surface area (Å²) in [6.45, 7) is 4.70. The molecule has 1 fully saturated rings. The minimum Gasteiger partial charge on any atom is -0.353 e. The fourth-order valence-electron chi connectivity index (χ4n) is 3.66. The number of benzene rings is 1.